The Balaban J connectivity index is 1.92. The highest BCUT2D eigenvalue weighted by molar-refractivity contribution is 5.20. The molecule has 0 fully saturated rings. The third-order valence-corrected chi connectivity index (χ3v) is 3.25. The number of rotatable bonds is 2. The van der Waals surface area contributed by atoms with Crippen LogP contribution in [0.15, 0.2) is 24.3 Å². The predicted molar refractivity (Wildman–Crippen MR) is 63.4 cm³/mol. The van der Waals surface area contributed by atoms with Crippen LogP contribution in [0.1, 0.15) is 36.3 Å². The van der Waals surface area contributed by atoms with Crippen molar-refractivity contribution >= 4 is 0 Å². The van der Waals surface area contributed by atoms with Gasteiger partial charge in [0.15, 0.2) is 0 Å². The summed E-state index contributed by atoms with van der Waals surface area (Å²) in [6.07, 6.45) is 2.43. The van der Waals surface area contributed by atoms with E-state index < -0.39 is 6.23 Å². The van der Waals surface area contributed by atoms with E-state index in [0.717, 1.165) is 30.7 Å². The minimum absolute atomic E-state index is 0.258. The molecule has 0 spiro atoms. The molecule has 1 atom stereocenters. The monoisotopic (exact) mass is 247 g/mol. The Morgan fingerprint density at radius 1 is 1.39 bits per heavy atom. The first kappa shape index (κ1) is 11.3. The van der Waals surface area contributed by atoms with Crippen molar-refractivity contribution in [3.63, 3.8) is 0 Å². The average Bonchev–Trinajstić information content (AvgIpc) is 2.74. The fraction of sp³-hybridized carbons (Fsp3) is 0.385. The van der Waals surface area contributed by atoms with Crippen LogP contribution in [0.5, 0.6) is 0 Å². The van der Waals surface area contributed by atoms with Crippen LogP contribution in [0, 0.1) is 5.82 Å². The van der Waals surface area contributed by atoms with E-state index in [-0.39, 0.29) is 5.82 Å². The van der Waals surface area contributed by atoms with Gasteiger partial charge < -0.3 is 5.11 Å². The predicted octanol–water partition coefficient (Wildman–Crippen LogP) is 1.84. The summed E-state index contributed by atoms with van der Waals surface area (Å²) in [5.41, 5.74) is 0.836. The zero-order valence-corrected chi connectivity index (χ0v) is 9.88. The molecule has 1 unspecified atom stereocenters. The maximum atomic E-state index is 13.1. The maximum Gasteiger partial charge on any atom is 0.139 e. The molecular weight excluding hydrogens is 233 g/mol. The molecule has 5 heteroatoms. The molecule has 0 saturated carbocycles. The third kappa shape index (κ3) is 2.01. The highest BCUT2D eigenvalue weighted by Gasteiger charge is 2.22. The Labute approximate surface area is 104 Å². The lowest BCUT2D eigenvalue weighted by atomic mass is 10.1. The van der Waals surface area contributed by atoms with Crippen LogP contribution < -0.4 is 0 Å². The minimum atomic E-state index is -0.549. The second-order valence-electron chi connectivity index (χ2n) is 4.58. The van der Waals surface area contributed by atoms with Gasteiger partial charge in [-0.25, -0.2) is 4.39 Å². The highest BCUT2D eigenvalue weighted by Crippen LogP contribution is 2.24. The van der Waals surface area contributed by atoms with Crippen LogP contribution in [0.2, 0.25) is 0 Å². The molecule has 1 aromatic heterocycles. The van der Waals surface area contributed by atoms with Crippen LogP contribution in [-0.2, 0) is 12.8 Å². The minimum Gasteiger partial charge on any atom is -0.373 e. The standard InChI is InChI=1S/C13H14FN3O/c14-10-4-1-3-9(7-10)8-12-16-15-11-5-2-6-13(18)17(11)12/h1,3-4,7,13,18H,2,5-6,8H2. The molecule has 18 heavy (non-hydrogen) atoms. The van der Waals surface area contributed by atoms with Crippen LogP contribution in [0.3, 0.4) is 0 Å². The summed E-state index contributed by atoms with van der Waals surface area (Å²) in [5.74, 6) is 1.26. The van der Waals surface area contributed by atoms with Crippen LogP contribution >= 0.6 is 0 Å². The Hall–Kier alpha value is -1.75. The first-order valence-electron chi connectivity index (χ1n) is 6.09. The molecule has 3 rings (SSSR count). The van der Waals surface area contributed by atoms with Crippen LogP contribution in [0.4, 0.5) is 4.39 Å². The first-order valence-corrected chi connectivity index (χ1v) is 6.09. The molecule has 94 valence electrons. The van der Waals surface area contributed by atoms with Crippen molar-refractivity contribution in [2.24, 2.45) is 0 Å². The molecule has 1 N–H and O–H groups in total. The van der Waals surface area contributed by atoms with Gasteiger partial charge >= 0.3 is 0 Å². The number of aliphatic hydroxyl groups is 1. The fourth-order valence-corrected chi connectivity index (χ4v) is 2.40. The van der Waals surface area contributed by atoms with Gasteiger partial charge in [-0.2, -0.15) is 0 Å². The summed E-state index contributed by atoms with van der Waals surface area (Å²) in [7, 11) is 0. The second-order valence-corrected chi connectivity index (χ2v) is 4.58. The van der Waals surface area contributed by atoms with Gasteiger partial charge in [0, 0.05) is 12.8 Å². The summed E-state index contributed by atoms with van der Waals surface area (Å²) >= 11 is 0. The number of aromatic nitrogens is 3. The Kier molecular flexibility index (Phi) is 2.83. The van der Waals surface area contributed by atoms with E-state index in [9.17, 15) is 9.50 Å². The van der Waals surface area contributed by atoms with E-state index in [1.807, 2.05) is 6.07 Å². The normalized spacial score (nSPS) is 18.7. The highest BCUT2D eigenvalue weighted by atomic mass is 19.1. The van der Waals surface area contributed by atoms with Crippen molar-refractivity contribution in [1.82, 2.24) is 14.8 Å². The molecule has 2 aromatic rings. The molecular formula is C13H14FN3O. The van der Waals surface area contributed by atoms with E-state index in [0.29, 0.717) is 12.2 Å². The van der Waals surface area contributed by atoms with Gasteiger partial charge in [-0.1, -0.05) is 12.1 Å². The Morgan fingerprint density at radius 2 is 2.28 bits per heavy atom. The number of fused-ring (bicyclic) bond motifs is 1. The molecule has 4 nitrogen and oxygen atoms in total. The lowest BCUT2D eigenvalue weighted by Crippen LogP contribution is -2.19. The zero-order chi connectivity index (χ0) is 12.5. The van der Waals surface area contributed by atoms with Crippen molar-refractivity contribution in [1.29, 1.82) is 0 Å². The van der Waals surface area contributed by atoms with E-state index in [1.165, 1.54) is 12.1 Å². The number of nitrogens with zero attached hydrogens (tertiary/aromatic N) is 3. The Morgan fingerprint density at radius 3 is 3.11 bits per heavy atom. The van der Waals surface area contributed by atoms with Crippen molar-refractivity contribution < 1.29 is 9.50 Å². The van der Waals surface area contributed by atoms with Gasteiger partial charge in [0.1, 0.15) is 23.7 Å². The van der Waals surface area contributed by atoms with Crippen molar-refractivity contribution in [2.45, 2.75) is 31.9 Å². The van der Waals surface area contributed by atoms with E-state index >= 15 is 0 Å². The molecule has 1 aromatic carbocycles. The van der Waals surface area contributed by atoms with E-state index in [2.05, 4.69) is 10.2 Å². The van der Waals surface area contributed by atoms with Crippen LogP contribution in [-0.4, -0.2) is 19.9 Å². The zero-order valence-electron chi connectivity index (χ0n) is 9.88. The Bertz CT molecular complexity index is 567. The van der Waals surface area contributed by atoms with Crippen molar-refractivity contribution in [2.75, 3.05) is 0 Å². The molecule has 0 saturated heterocycles. The fourth-order valence-electron chi connectivity index (χ4n) is 2.40. The van der Waals surface area contributed by atoms with Gasteiger partial charge in [-0.05, 0) is 30.5 Å². The van der Waals surface area contributed by atoms with Gasteiger partial charge in [0.2, 0.25) is 0 Å². The largest absolute Gasteiger partial charge is 0.373 e. The van der Waals surface area contributed by atoms with E-state index in [1.54, 1.807) is 10.6 Å². The summed E-state index contributed by atoms with van der Waals surface area (Å²) in [6.45, 7) is 0. The smallest absolute Gasteiger partial charge is 0.139 e. The number of aryl methyl sites for hydroxylation is 1. The van der Waals surface area contributed by atoms with Crippen LogP contribution in [0.25, 0.3) is 0 Å². The number of aliphatic hydroxyl groups excluding tert-OH is 1. The summed E-state index contributed by atoms with van der Waals surface area (Å²) < 4.78 is 14.9. The van der Waals surface area contributed by atoms with Gasteiger partial charge in [0.25, 0.3) is 0 Å². The summed E-state index contributed by atoms with van der Waals surface area (Å²) in [6, 6.07) is 6.42. The maximum absolute atomic E-state index is 13.1. The third-order valence-electron chi connectivity index (χ3n) is 3.25. The molecule has 2 heterocycles. The molecule has 1 aliphatic rings. The summed E-state index contributed by atoms with van der Waals surface area (Å²) in [5, 5.41) is 18.2. The number of hydrogen-bond donors (Lipinski definition) is 1. The van der Waals surface area contributed by atoms with Gasteiger partial charge in [0.05, 0.1) is 0 Å². The summed E-state index contributed by atoms with van der Waals surface area (Å²) in [4.78, 5) is 0. The lowest BCUT2D eigenvalue weighted by Gasteiger charge is -2.21. The lowest BCUT2D eigenvalue weighted by molar-refractivity contribution is 0.0753. The molecule has 1 aliphatic heterocycles. The molecule has 0 amide bonds. The van der Waals surface area contributed by atoms with Crippen molar-refractivity contribution in [3.8, 4) is 0 Å². The first-order chi connectivity index (χ1) is 8.74. The molecule has 0 aliphatic carbocycles. The van der Waals surface area contributed by atoms with Gasteiger partial charge in [-0.15, -0.1) is 10.2 Å². The molecule has 0 bridgehead atoms. The van der Waals surface area contributed by atoms with Gasteiger partial charge in [-0.3, -0.25) is 4.57 Å². The number of benzene rings is 1. The average molecular weight is 247 g/mol. The quantitative estimate of drug-likeness (QED) is 0.881. The second kappa shape index (κ2) is 4.49. The SMILES string of the molecule is OC1CCCc2nnc(Cc3cccc(F)c3)n21. The molecule has 0 radical (unpaired) electrons. The number of hydrogen-bond acceptors (Lipinski definition) is 3. The number of halogens is 1. The van der Waals surface area contributed by atoms with Crippen molar-refractivity contribution in [3.05, 3.63) is 47.3 Å². The topological polar surface area (TPSA) is 50.9 Å². The van der Waals surface area contributed by atoms with E-state index in [4.69, 9.17) is 0 Å².